The van der Waals surface area contributed by atoms with Crippen LogP contribution in [0.5, 0.6) is 0 Å². The van der Waals surface area contributed by atoms with E-state index in [1.807, 2.05) is 0 Å². The van der Waals surface area contributed by atoms with E-state index in [1.54, 1.807) is 0 Å². The molecule has 0 radical (unpaired) electrons. The van der Waals surface area contributed by atoms with Crippen LogP contribution in [0.4, 0.5) is 0 Å². The third-order valence-corrected chi connectivity index (χ3v) is 4.64. The van der Waals surface area contributed by atoms with Crippen LogP contribution in [0.2, 0.25) is 0 Å². The molecule has 2 heterocycles. The molecule has 2 atom stereocenters. The molecule has 0 aromatic heterocycles. The highest BCUT2D eigenvalue weighted by Crippen LogP contribution is 2.28. The van der Waals surface area contributed by atoms with Crippen LogP contribution in [-0.2, 0) is 0 Å². The molecule has 0 aliphatic carbocycles. The summed E-state index contributed by atoms with van der Waals surface area (Å²) in [5.74, 6) is 0. The summed E-state index contributed by atoms with van der Waals surface area (Å²) in [7, 11) is 0. The molecule has 0 bridgehead atoms. The normalized spacial score (nSPS) is 31.1. The third-order valence-electron chi connectivity index (χ3n) is 4.64. The van der Waals surface area contributed by atoms with Gasteiger partial charge in [-0.1, -0.05) is 20.8 Å². The van der Waals surface area contributed by atoms with Crippen molar-refractivity contribution in [2.24, 2.45) is 5.41 Å². The van der Waals surface area contributed by atoms with Crippen molar-refractivity contribution in [3.8, 4) is 0 Å². The molecule has 2 aliphatic heterocycles. The summed E-state index contributed by atoms with van der Waals surface area (Å²) in [4.78, 5) is 5.45. The van der Waals surface area contributed by atoms with E-state index < -0.39 is 0 Å². The molecule has 0 aromatic carbocycles. The summed E-state index contributed by atoms with van der Waals surface area (Å²) in [6.07, 6.45) is 4.20. The summed E-state index contributed by atoms with van der Waals surface area (Å²) in [5, 5.41) is 0. The van der Waals surface area contributed by atoms with Crippen LogP contribution in [0.25, 0.3) is 0 Å². The van der Waals surface area contributed by atoms with Crippen molar-refractivity contribution in [3.63, 3.8) is 0 Å². The Labute approximate surface area is 101 Å². The van der Waals surface area contributed by atoms with Crippen LogP contribution < -0.4 is 0 Å². The first-order valence-corrected chi connectivity index (χ1v) is 6.96. The monoisotopic (exact) mass is 224 g/mol. The summed E-state index contributed by atoms with van der Waals surface area (Å²) in [6.45, 7) is 14.8. The van der Waals surface area contributed by atoms with E-state index >= 15 is 0 Å². The van der Waals surface area contributed by atoms with Crippen molar-refractivity contribution < 1.29 is 0 Å². The molecular weight excluding hydrogens is 196 g/mol. The second-order valence-electron chi connectivity index (χ2n) is 6.72. The SMILES string of the molecule is CC(N1CCCN2CCCC2C1)C(C)(C)C. The van der Waals surface area contributed by atoms with Gasteiger partial charge >= 0.3 is 0 Å². The number of hydrogen-bond donors (Lipinski definition) is 0. The van der Waals surface area contributed by atoms with Gasteiger partial charge in [-0.15, -0.1) is 0 Å². The lowest BCUT2D eigenvalue weighted by atomic mass is 9.86. The van der Waals surface area contributed by atoms with Crippen molar-refractivity contribution in [1.29, 1.82) is 0 Å². The Morgan fingerprint density at radius 3 is 2.44 bits per heavy atom. The second-order valence-corrected chi connectivity index (χ2v) is 6.72. The quantitative estimate of drug-likeness (QED) is 0.675. The van der Waals surface area contributed by atoms with Crippen molar-refractivity contribution in [1.82, 2.24) is 9.80 Å². The van der Waals surface area contributed by atoms with Crippen LogP contribution in [0.1, 0.15) is 47.0 Å². The van der Waals surface area contributed by atoms with Gasteiger partial charge < -0.3 is 0 Å². The lowest BCUT2D eigenvalue weighted by Crippen LogP contribution is -2.46. The predicted molar refractivity (Wildman–Crippen MR) is 69.7 cm³/mol. The Morgan fingerprint density at radius 2 is 1.75 bits per heavy atom. The van der Waals surface area contributed by atoms with E-state index in [2.05, 4.69) is 37.5 Å². The van der Waals surface area contributed by atoms with E-state index in [0.29, 0.717) is 11.5 Å². The molecule has 0 amide bonds. The molecule has 16 heavy (non-hydrogen) atoms. The third kappa shape index (κ3) is 2.60. The average Bonchev–Trinajstić information content (AvgIpc) is 2.53. The molecule has 2 unspecified atom stereocenters. The molecule has 2 rings (SSSR count). The molecule has 2 fully saturated rings. The second kappa shape index (κ2) is 4.66. The van der Waals surface area contributed by atoms with E-state index in [-0.39, 0.29) is 0 Å². The van der Waals surface area contributed by atoms with E-state index in [1.165, 1.54) is 45.4 Å². The van der Waals surface area contributed by atoms with E-state index in [4.69, 9.17) is 0 Å². The van der Waals surface area contributed by atoms with E-state index in [9.17, 15) is 0 Å². The number of fused-ring (bicyclic) bond motifs is 1. The van der Waals surface area contributed by atoms with Crippen molar-refractivity contribution in [2.75, 3.05) is 26.2 Å². The Kier molecular flexibility index (Phi) is 3.60. The Bertz CT molecular complexity index is 231. The van der Waals surface area contributed by atoms with Crippen LogP contribution in [0, 0.1) is 5.41 Å². The molecular formula is C14H28N2. The Morgan fingerprint density at radius 1 is 1.06 bits per heavy atom. The minimum atomic E-state index is 0.410. The Balaban J connectivity index is 2.00. The number of hydrogen-bond acceptors (Lipinski definition) is 2. The molecule has 0 aromatic rings. The summed E-state index contributed by atoms with van der Waals surface area (Å²) >= 11 is 0. The standard InChI is InChI=1S/C14H28N2/c1-12(14(2,3)4)16-10-6-9-15-8-5-7-13(15)11-16/h12-13H,5-11H2,1-4H3. The molecule has 2 heteroatoms. The van der Waals surface area contributed by atoms with Gasteiger partial charge in [0, 0.05) is 18.6 Å². The molecule has 2 saturated heterocycles. The molecule has 0 N–H and O–H groups in total. The summed E-state index contributed by atoms with van der Waals surface area (Å²) in [6, 6.07) is 1.56. The van der Waals surface area contributed by atoms with Gasteiger partial charge in [-0.2, -0.15) is 0 Å². The first kappa shape index (κ1) is 12.4. The maximum absolute atomic E-state index is 2.73. The fraction of sp³-hybridized carbons (Fsp3) is 1.00. The maximum atomic E-state index is 2.73. The summed E-state index contributed by atoms with van der Waals surface area (Å²) in [5.41, 5.74) is 0.410. The number of nitrogens with zero attached hydrogens (tertiary/aromatic N) is 2. The minimum Gasteiger partial charge on any atom is -0.299 e. The lowest BCUT2D eigenvalue weighted by molar-refractivity contribution is 0.104. The Hall–Kier alpha value is -0.0800. The molecule has 2 nitrogen and oxygen atoms in total. The minimum absolute atomic E-state index is 0.410. The summed E-state index contributed by atoms with van der Waals surface area (Å²) < 4.78 is 0. The molecule has 2 aliphatic rings. The first-order valence-electron chi connectivity index (χ1n) is 6.96. The topological polar surface area (TPSA) is 6.48 Å². The maximum Gasteiger partial charge on any atom is 0.0223 e. The lowest BCUT2D eigenvalue weighted by Gasteiger charge is -2.38. The van der Waals surface area contributed by atoms with E-state index in [0.717, 1.165) is 6.04 Å². The van der Waals surface area contributed by atoms with Gasteiger partial charge in [-0.25, -0.2) is 0 Å². The van der Waals surface area contributed by atoms with Gasteiger partial charge in [-0.05, 0) is 51.2 Å². The molecule has 0 saturated carbocycles. The van der Waals surface area contributed by atoms with Crippen molar-refractivity contribution >= 4 is 0 Å². The highest BCUT2D eigenvalue weighted by Gasteiger charge is 2.33. The van der Waals surface area contributed by atoms with Crippen LogP contribution in [0.15, 0.2) is 0 Å². The van der Waals surface area contributed by atoms with Crippen LogP contribution >= 0.6 is 0 Å². The predicted octanol–water partition coefficient (Wildman–Crippen LogP) is 2.59. The highest BCUT2D eigenvalue weighted by atomic mass is 15.3. The number of rotatable bonds is 1. The van der Waals surface area contributed by atoms with Gasteiger partial charge in [0.05, 0.1) is 0 Å². The zero-order chi connectivity index (χ0) is 11.8. The first-order chi connectivity index (χ1) is 7.48. The van der Waals surface area contributed by atoms with Crippen LogP contribution in [-0.4, -0.2) is 48.1 Å². The van der Waals surface area contributed by atoms with Gasteiger partial charge in [0.2, 0.25) is 0 Å². The zero-order valence-corrected chi connectivity index (χ0v) is 11.5. The molecule has 0 spiro atoms. The largest absolute Gasteiger partial charge is 0.299 e. The van der Waals surface area contributed by atoms with Crippen molar-refractivity contribution in [2.45, 2.75) is 59.0 Å². The average molecular weight is 224 g/mol. The molecule has 94 valence electrons. The fourth-order valence-electron chi connectivity index (χ4n) is 3.13. The van der Waals surface area contributed by atoms with Gasteiger partial charge in [0.1, 0.15) is 0 Å². The van der Waals surface area contributed by atoms with Gasteiger partial charge in [0.25, 0.3) is 0 Å². The smallest absolute Gasteiger partial charge is 0.0223 e. The fourth-order valence-corrected chi connectivity index (χ4v) is 3.13. The van der Waals surface area contributed by atoms with Gasteiger partial charge in [-0.3, -0.25) is 9.80 Å². The van der Waals surface area contributed by atoms with Crippen molar-refractivity contribution in [3.05, 3.63) is 0 Å². The highest BCUT2D eigenvalue weighted by molar-refractivity contribution is 4.89. The van der Waals surface area contributed by atoms with Crippen LogP contribution in [0.3, 0.4) is 0 Å². The zero-order valence-electron chi connectivity index (χ0n) is 11.5. The van der Waals surface area contributed by atoms with Gasteiger partial charge in [0.15, 0.2) is 0 Å².